The summed E-state index contributed by atoms with van der Waals surface area (Å²) >= 11 is 0. The second-order valence-corrected chi connectivity index (χ2v) is 8.65. The quantitative estimate of drug-likeness (QED) is 0.608. The molecule has 0 bridgehead atoms. The Labute approximate surface area is 187 Å². The number of para-hydroxylation sites is 2. The molecule has 1 saturated carbocycles. The fourth-order valence-electron chi connectivity index (χ4n) is 4.76. The van der Waals surface area contributed by atoms with Crippen LogP contribution in [0, 0.1) is 5.92 Å². The van der Waals surface area contributed by atoms with Crippen LogP contribution >= 0.6 is 0 Å². The van der Waals surface area contributed by atoms with E-state index in [4.69, 9.17) is 0 Å². The minimum absolute atomic E-state index is 0.0701. The van der Waals surface area contributed by atoms with E-state index in [0.717, 1.165) is 24.8 Å². The van der Waals surface area contributed by atoms with Crippen LogP contribution in [0.1, 0.15) is 46.5 Å². The lowest BCUT2D eigenvalue weighted by atomic mass is 9.86. The highest BCUT2D eigenvalue weighted by Crippen LogP contribution is 2.24. The van der Waals surface area contributed by atoms with Gasteiger partial charge in [0.25, 0.3) is 0 Å². The normalized spacial score (nSPS) is 18.8. The van der Waals surface area contributed by atoms with Gasteiger partial charge in [0.15, 0.2) is 0 Å². The van der Waals surface area contributed by atoms with Gasteiger partial charge in [-0.05, 0) is 44.7 Å². The van der Waals surface area contributed by atoms with Crippen LogP contribution in [0.5, 0.6) is 0 Å². The Morgan fingerprint density at radius 3 is 2.47 bits per heavy atom. The summed E-state index contributed by atoms with van der Waals surface area (Å²) in [5.41, 5.74) is 1.06. The molecule has 2 heterocycles. The topological polar surface area (TPSA) is 93.6 Å². The average Bonchev–Trinajstić information content (AvgIpc) is 3.25. The smallest absolute Gasteiger partial charge is 0.352 e. The number of aromatic nitrogens is 4. The van der Waals surface area contributed by atoms with Gasteiger partial charge in [-0.15, -0.1) is 5.10 Å². The first-order chi connectivity index (χ1) is 15.4. The van der Waals surface area contributed by atoms with E-state index in [1.807, 2.05) is 38.1 Å². The highest BCUT2D eigenvalue weighted by molar-refractivity contribution is 5.84. The van der Waals surface area contributed by atoms with E-state index in [2.05, 4.69) is 17.3 Å². The Hall–Kier alpha value is -3.10. The Kier molecular flexibility index (Phi) is 6.34. The summed E-state index contributed by atoms with van der Waals surface area (Å²) in [4.78, 5) is 40.3. The van der Waals surface area contributed by atoms with E-state index in [1.165, 1.54) is 15.5 Å². The number of hydrogen-bond acceptors (Lipinski definition) is 4. The van der Waals surface area contributed by atoms with Gasteiger partial charge in [0, 0.05) is 19.1 Å². The summed E-state index contributed by atoms with van der Waals surface area (Å²) in [5.74, 6) is 0.586. The van der Waals surface area contributed by atoms with Gasteiger partial charge in [-0.2, -0.15) is 0 Å². The predicted octanol–water partition coefficient (Wildman–Crippen LogP) is 2.01. The number of carbonyl (C=O) groups excluding carboxylic acids is 2. The molecule has 1 N–H and O–H groups in total. The van der Waals surface area contributed by atoms with Crippen LogP contribution in [0.15, 0.2) is 29.1 Å². The standard InChI is InChI=1S/C23H32N6O3/c1-4-26(5-2)21(31)15-28-23(32)29-19-13-9-8-12-18(19)27(22(29)25-28)14-20(30)24-17-11-7-6-10-16(17)3/h8-9,12-13,16-17H,4-7,10-11,14-15H2,1-3H3,(H,24,30). The van der Waals surface area contributed by atoms with Crippen molar-refractivity contribution in [1.29, 1.82) is 0 Å². The van der Waals surface area contributed by atoms with Crippen molar-refractivity contribution in [2.75, 3.05) is 13.1 Å². The molecule has 2 amide bonds. The summed E-state index contributed by atoms with van der Waals surface area (Å²) in [6.07, 6.45) is 4.47. The lowest BCUT2D eigenvalue weighted by Crippen LogP contribution is -2.42. The van der Waals surface area contributed by atoms with Crippen molar-refractivity contribution < 1.29 is 9.59 Å². The zero-order chi connectivity index (χ0) is 22.8. The third kappa shape index (κ3) is 4.03. The molecule has 172 valence electrons. The van der Waals surface area contributed by atoms with Gasteiger partial charge in [0.2, 0.25) is 17.6 Å². The van der Waals surface area contributed by atoms with Gasteiger partial charge < -0.3 is 10.2 Å². The van der Waals surface area contributed by atoms with Crippen LogP contribution in [0.4, 0.5) is 0 Å². The molecule has 0 saturated heterocycles. The molecule has 2 unspecified atom stereocenters. The maximum Gasteiger partial charge on any atom is 0.352 e. The molecule has 0 spiro atoms. The lowest BCUT2D eigenvalue weighted by molar-refractivity contribution is -0.131. The summed E-state index contributed by atoms with van der Waals surface area (Å²) in [6, 6.07) is 7.62. The van der Waals surface area contributed by atoms with E-state index in [9.17, 15) is 14.4 Å². The number of hydrogen-bond donors (Lipinski definition) is 1. The van der Waals surface area contributed by atoms with Gasteiger partial charge in [-0.1, -0.05) is 31.9 Å². The maximum absolute atomic E-state index is 13.1. The van der Waals surface area contributed by atoms with Crippen molar-refractivity contribution >= 4 is 28.6 Å². The number of imidazole rings is 1. The third-order valence-corrected chi connectivity index (χ3v) is 6.64. The summed E-state index contributed by atoms with van der Waals surface area (Å²) in [5, 5.41) is 7.64. The van der Waals surface area contributed by atoms with Gasteiger partial charge in [-0.25, -0.2) is 13.9 Å². The van der Waals surface area contributed by atoms with E-state index in [0.29, 0.717) is 30.3 Å². The molecule has 1 aliphatic rings. The molecule has 2 atom stereocenters. The number of fused-ring (bicyclic) bond motifs is 3. The molecule has 9 heteroatoms. The number of likely N-dealkylation sites (N-methyl/N-ethyl adjacent to an activating group) is 1. The number of nitrogens with zero attached hydrogens (tertiary/aromatic N) is 5. The second-order valence-electron chi connectivity index (χ2n) is 8.65. The Morgan fingerprint density at radius 1 is 1.09 bits per heavy atom. The SMILES string of the molecule is CCN(CC)C(=O)Cn1nc2n(CC(=O)NC3CCCCC3C)c3ccccc3n2c1=O. The first-order valence-corrected chi connectivity index (χ1v) is 11.6. The average molecular weight is 441 g/mol. The molecule has 2 aromatic heterocycles. The zero-order valence-electron chi connectivity index (χ0n) is 19.1. The molecule has 4 rings (SSSR count). The Morgan fingerprint density at radius 2 is 1.78 bits per heavy atom. The first-order valence-electron chi connectivity index (χ1n) is 11.6. The monoisotopic (exact) mass is 440 g/mol. The van der Waals surface area contributed by atoms with Crippen LogP contribution in [0.3, 0.4) is 0 Å². The molecular formula is C23H32N6O3. The van der Waals surface area contributed by atoms with Gasteiger partial charge in [0.05, 0.1) is 11.0 Å². The van der Waals surface area contributed by atoms with Gasteiger partial charge in [-0.3, -0.25) is 14.2 Å². The molecule has 0 aliphatic heterocycles. The fourth-order valence-corrected chi connectivity index (χ4v) is 4.76. The summed E-state index contributed by atoms with van der Waals surface area (Å²) in [6.45, 7) is 7.09. The molecule has 3 aromatic rings. The number of amides is 2. The summed E-state index contributed by atoms with van der Waals surface area (Å²) in [7, 11) is 0. The molecule has 1 aromatic carbocycles. The van der Waals surface area contributed by atoms with Crippen molar-refractivity contribution in [3.05, 3.63) is 34.7 Å². The van der Waals surface area contributed by atoms with E-state index in [-0.39, 0.29) is 36.6 Å². The minimum Gasteiger partial charge on any atom is -0.352 e. The Bertz CT molecular complexity index is 1190. The first kappa shape index (κ1) is 22.1. The number of carbonyl (C=O) groups is 2. The third-order valence-electron chi connectivity index (χ3n) is 6.64. The summed E-state index contributed by atoms with van der Waals surface area (Å²) < 4.78 is 4.44. The molecular weight excluding hydrogens is 408 g/mol. The van der Waals surface area contributed by atoms with Crippen molar-refractivity contribution in [1.82, 2.24) is 29.0 Å². The van der Waals surface area contributed by atoms with Crippen LogP contribution < -0.4 is 11.0 Å². The molecule has 1 aliphatic carbocycles. The minimum atomic E-state index is -0.378. The predicted molar refractivity (Wildman–Crippen MR) is 122 cm³/mol. The second kappa shape index (κ2) is 9.18. The van der Waals surface area contributed by atoms with E-state index < -0.39 is 0 Å². The van der Waals surface area contributed by atoms with Crippen molar-refractivity contribution in [3.8, 4) is 0 Å². The van der Waals surface area contributed by atoms with E-state index in [1.54, 1.807) is 9.47 Å². The highest BCUT2D eigenvalue weighted by Gasteiger charge is 2.25. The van der Waals surface area contributed by atoms with Crippen LogP contribution in [-0.4, -0.2) is 54.6 Å². The van der Waals surface area contributed by atoms with Crippen molar-refractivity contribution in [2.24, 2.45) is 5.92 Å². The highest BCUT2D eigenvalue weighted by atomic mass is 16.2. The number of benzene rings is 1. The van der Waals surface area contributed by atoms with Crippen LogP contribution in [-0.2, 0) is 22.7 Å². The van der Waals surface area contributed by atoms with Gasteiger partial charge in [0.1, 0.15) is 13.1 Å². The molecule has 1 fully saturated rings. The Balaban J connectivity index is 1.67. The van der Waals surface area contributed by atoms with Crippen molar-refractivity contribution in [2.45, 2.75) is 65.6 Å². The van der Waals surface area contributed by atoms with Crippen molar-refractivity contribution in [3.63, 3.8) is 0 Å². The van der Waals surface area contributed by atoms with Crippen LogP contribution in [0.25, 0.3) is 16.8 Å². The lowest BCUT2D eigenvalue weighted by Gasteiger charge is -2.29. The maximum atomic E-state index is 13.1. The van der Waals surface area contributed by atoms with E-state index >= 15 is 0 Å². The number of rotatable bonds is 7. The van der Waals surface area contributed by atoms with Crippen LogP contribution in [0.2, 0.25) is 0 Å². The molecule has 9 nitrogen and oxygen atoms in total. The number of nitrogens with one attached hydrogen (secondary N) is 1. The largest absolute Gasteiger partial charge is 0.352 e. The van der Waals surface area contributed by atoms with Gasteiger partial charge >= 0.3 is 5.69 Å². The molecule has 32 heavy (non-hydrogen) atoms. The fraction of sp³-hybridized carbons (Fsp3) is 0.565. The molecule has 0 radical (unpaired) electrons. The zero-order valence-corrected chi connectivity index (χ0v) is 19.1.